The molecule has 56 heavy (non-hydrogen) atoms. The topological polar surface area (TPSA) is 163 Å². The number of benzene rings is 1. The number of carbonyl (C=O) groups is 4. The molecule has 5 rings (SSSR count). The number of Topliss-reactive ketones (excluding diaryl/α,β-unsaturated/α-hetero) is 2. The van der Waals surface area contributed by atoms with Crippen LogP contribution in [0, 0.1) is 17.8 Å². The standard InChI is InChI=1S/C42H58FN3O10/c1-11-31-41(7)34(45-39(51)56-41)25(4)32(47)23(2)21-40(6,52-10)36(55-37-33(48)30(46(8)9)19-24(3)53-37)26(5)35(49)42(43,38(50)54-31)18-14-15-27-20-28-16-12-13-17-29(28)44-22-27/h12-17,20,22-26,30-31,33-34,36-37,48H,11,18-19,21H2,1-10H3,(H,45,51)/b15-14+/t23-,24-,25+,26+,30+,31-,33-,34-,36-,37+,40+,41-,42?/m1/s1. The first-order valence-electron chi connectivity index (χ1n) is 19.5. The first kappa shape index (κ1) is 43.3. The second kappa shape index (κ2) is 17.0. The van der Waals surface area contributed by atoms with E-state index in [-0.39, 0.29) is 30.8 Å². The number of alkyl halides is 1. The number of methoxy groups -OCH3 is 1. The third-order valence-corrected chi connectivity index (χ3v) is 12.1. The van der Waals surface area contributed by atoms with Crippen LogP contribution in [0.2, 0.25) is 0 Å². The average Bonchev–Trinajstić information content (AvgIpc) is 3.48. The van der Waals surface area contributed by atoms with E-state index in [9.17, 15) is 24.3 Å². The average molecular weight is 784 g/mol. The third kappa shape index (κ3) is 8.40. The van der Waals surface area contributed by atoms with Gasteiger partial charge >= 0.3 is 12.1 Å². The Morgan fingerprint density at radius 1 is 1.09 bits per heavy atom. The molecule has 13 nitrogen and oxygen atoms in total. The molecular formula is C42H58FN3O10. The van der Waals surface area contributed by atoms with E-state index in [1.54, 1.807) is 40.0 Å². The lowest BCUT2D eigenvalue weighted by molar-refractivity contribution is -0.295. The van der Waals surface area contributed by atoms with Gasteiger partial charge in [0.15, 0.2) is 17.7 Å². The summed E-state index contributed by atoms with van der Waals surface area (Å²) in [5.41, 5.74) is -4.98. The number of hydrogen-bond acceptors (Lipinski definition) is 12. The molecule has 0 saturated carbocycles. The van der Waals surface area contributed by atoms with Gasteiger partial charge in [0.1, 0.15) is 18.0 Å². The summed E-state index contributed by atoms with van der Waals surface area (Å²) in [6, 6.07) is 7.99. The number of esters is 1. The van der Waals surface area contributed by atoms with Crippen molar-refractivity contribution in [3.05, 3.63) is 48.2 Å². The van der Waals surface area contributed by atoms with Crippen LogP contribution in [0.25, 0.3) is 17.0 Å². The number of pyridine rings is 1. The van der Waals surface area contributed by atoms with Crippen molar-refractivity contribution < 1.29 is 52.4 Å². The number of aromatic nitrogens is 1. The van der Waals surface area contributed by atoms with E-state index in [1.165, 1.54) is 27.0 Å². The van der Waals surface area contributed by atoms with Gasteiger partial charge in [-0.3, -0.25) is 14.6 Å². The van der Waals surface area contributed by atoms with E-state index >= 15 is 4.39 Å². The number of likely N-dealkylation sites (N-methyl/N-ethyl adjacent to an activating group) is 1. The molecule has 13 atom stereocenters. The van der Waals surface area contributed by atoms with Gasteiger partial charge in [0.05, 0.1) is 29.4 Å². The van der Waals surface area contributed by atoms with Gasteiger partial charge in [-0.1, -0.05) is 58.0 Å². The summed E-state index contributed by atoms with van der Waals surface area (Å²) in [7, 11) is 5.04. The quantitative estimate of drug-likeness (QED) is 0.266. The zero-order valence-corrected chi connectivity index (χ0v) is 34.1. The van der Waals surface area contributed by atoms with Gasteiger partial charge in [0.25, 0.3) is 5.67 Å². The number of ketones is 2. The number of hydrogen-bond donors (Lipinski definition) is 2. The Balaban J connectivity index is 1.62. The molecule has 14 heteroatoms. The van der Waals surface area contributed by atoms with Crippen LogP contribution in [-0.4, -0.2) is 119 Å². The lowest BCUT2D eigenvalue weighted by atomic mass is 9.73. The third-order valence-electron chi connectivity index (χ3n) is 12.1. The summed E-state index contributed by atoms with van der Waals surface area (Å²) in [6.07, 6.45) is -1.84. The lowest BCUT2D eigenvalue weighted by Gasteiger charge is -2.47. The molecule has 0 bridgehead atoms. The fraction of sp³-hybridized carbons (Fsp3) is 0.643. The van der Waals surface area contributed by atoms with Gasteiger partial charge in [0.2, 0.25) is 0 Å². The minimum absolute atomic E-state index is 0.0154. The number of para-hydroxylation sites is 1. The van der Waals surface area contributed by atoms with Crippen LogP contribution in [0.15, 0.2) is 42.6 Å². The van der Waals surface area contributed by atoms with Gasteiger partial charge in [-0.05, 0) is 71.8 Å². The Kier molecular flexibility index (Phi) is 13.1. The Bertz CT molecular complexity index is 1810. The molecule has 0 spiro atoms. The number of alkyl carbamates (subject to hydrolysis) is 1. The molecule has 4 heterocycles. The monoisotopic (exact) mass is 783 g/mol. The number of aliphatic hydroxyl groups is 1. The van der Waals surface area contributed by atoms with E-state index in [1.807, 2.05) is 56.3 Å². The number of fused-ring (bicyclic) bond motifs is 2. The predicted octanol–water partition coefficient (Wildman–Crippen LogP) is 5.20. The van der Waals surface area contributed by atoms with Crippen LogP contribution >= 0.6 is 0 Å². The molecule has 3 aliphatic heterocycles. The van der Waals surface area contributed by atoms with Crippen molar-refractivity contribution in [3.63, 3.8) is 0 Å². The highest BCUT2D eigenvalue weighted by atomic mass is 19.1. The van der Waals surface area contributed by atoms with Crippen LogP contribution in [-0.2, 0) is 38.1 Å². The van der Waals surface area contributed by atoms with Gasteiger partial charge in [0, 0.05) is 48.9 Å². The molecular weight excluding hydrogens is 725 g/mol. The number of nitrogens with one attached hydrogen (secondary N) is 1. The van der Waals surface area contributed by atoms with Gasteiger partial charge in [-0.15, -0.1) is 0 Å². The lowest BCUT2D eigenvalue weighted by Crippen LogP contribution is -2.62. The Labute approximate surface area is 328 Å². The Hall–Kier alpha value is -3.82. The number of rotatable bonds is 8. The maximum atomic E-state index is 18.0. The fourth-order valence-electron chi connectivity index (χ4n) is 8.83. The molecule has 3 saturated heterocycles. The molecule has 2 N–H and O–H groups in total. The number of ether oxygens (including phenoxy) is 5. The normalized spacial score (nSPS) is 38.9. The molecule has 1 unspecified atom stereocenters. The van der Waals surface area contributed by atoms with Crippen molar-refractivity contribution >= 4 is 40.6 Å². The number of nitrogens with zero attached hydrogens (tertiary/aromatic N) is 2. The summed E-state index contributed by atoms with van der Waals surface area (Å²) < 4.78 is 48.4. The van der Waals surface area contributed by atoms with E-state index < -0.39 is 89.5 Å². The van der Waals surface area contributed by atoms with E-state index in [0.717, 1.165) is 10.9 Å². The van der Waals surface area contributed by atoms with E-state index in [0.29, 0.717) is 12.0 Å². The summed E-state index contributed by atoms with van der Waals surface area (Å²) in [6.45, 7) is 11.5. The summed E-state index contributed by atoms with van der Waals surface area (Å²) in [4.78, 5) is 62.6. The number of amides is 1. The van der Waals surface area contributed by atoms with Crippen molar-refractivity contribution in [2.75, 3.05) is 21.2 Å². The molecule has 308 valence electrons. The Morgan fingerprint density at radius 2 is 1.79 bits per heavy atom. The fourth-order valence-corrected chi connectivity index (χ4v) is 8.83. The molecule has 1 amide bonds. The molecule has 0 aliphatic carbocycles. The highest BCUT2D eigenvalue weighted by Gasteiger charge is 2.60. The highest BCUT2D eigenvalue weighted by molar-refractivity contribution is 6.08. The highest BCUT2D eigenvalue weighted by Crippen LogP contribution is 2.42. The van der Waals surface area contributed by atoms with E-state index in [2.05, 4.69) is 10.3 Å². The largest absolute Gasteiger partial charge is 0.455 e. The molecule has 1 aromatic heterocycles. The number of allylic oxidation sites excluding steroid dienone is 1. The second-order valence-electron chi connectivity index (χ2n) is 16.5. The van der Waals surface area contributed by atoms with Crippen LogP contribution < -0.4 is 5.32 Å². The molecule has 0 radical (unpaired) electrons. The zero-order valence-electron chi connectivity index (χ0n) is 34.1. The van der Waals surface area contributed by atoms with Crippen LogP contribution in [0.5, 0.6) is 0 Å². The summed E-state index contributed by atoms with van der Waals surface area (Å²) >= 11 is 0. The smallest absolute Gasteiger partial charge is 0.408 e. The second-order valence-corrected chi connectivity index (χ2v) is 16.5. The molecule has 3 fully saturated rings. The summed E-state index contributed by atoms with van der Waals surface area (Å²) in [5, 5.41) is 15.1. The first-order valence-corrected chi connectivity index (χ1v) is 19.5. The number of aliphatic hydroxyl groups excluding tert-OH is 1. The van der Waals surface area contributed by atoms with Gasteiger partial charge in [-0.25, -0.2) is 14.0 Å². The molecule has 1 aromatic carbocycles. The van der Waals surface area contributed by atoms with E-state index in [4.69, 9.17) is 23.7 Å². The van der Waals surface area contributed by atoms with Crippen LogP contribution in [0.1, 0.15) is 79.7 Å². The first-order chi connectivity index (χ1) is 26.3. The SMILES string of the molecule is CC[C@H]1OC(=O)C(F)(C/C=C/c2cnc3ccccc3c2)C(=O)[C@H](C)[C@@H](O[C@@H]2O[C@H](C)C[C@H](N(C)C)[C@H]2O)[C@@](C)(OC)C[C@@H](C)C(=O)[C@H](C)[C@H]2NC(=O)O[C@@]21C. The predicted molar refractivity (Wildman–Crippen MR) is 206 cm³/mol. The van der Waals surface area contributed by atoms with Crippen LogP contribution in [0.3, 0.4) is 0 Å². The molecule has 3 aliphatic rings. The summed E-state index contributed by atoms with van der Waals surface area (Å²) in [5.74, 6) is -5.92. The maximum absolute atomic E-state index is 18.0. The van der Waals surface area contributed by atoms with Crippen LogP contribution in [0.4, 0.5) is 9.18 Å². The maximum Gasteiger partial charge on any atom is 0.408 e. The number of halogens is 1. The number of cyclic esters (lactones) is 1. The Morgan fingerprint density at radius 3 is 2.45 bits per heavy atom. The van der Waals surface area contributed by atoms with Crippen molar-refractivity contribution in [2.45, 2.75) is 134 Å². The van der Waals surface area contributed by atoms with Gasteiger partial charge < -0.3 is 39.0 Å². The zero-order chi connectivity index (χ0) is 41.3. The molecule has 2 aromatic rings. The van der Waals surface area contributed by atoms with Crippen molar-refractivity contribution in [3.8, 4) is 0 Å². The van der Waals surface area contributed by atoms with Gasteiger partial charge in [-0.2, -0.15) is 0 Å². The van der Waals surface area contributed by atoms with Crippen molar-refractivity contribution in [1.82, 2.24) is 15.2 Å². The van der Waals surface area contributed by atoms with Crippen molar-refractivity contribution in [1.29, 1.82) is 0 Å². The van der Waals surface area contributed by atoms with Crippen molar-refractivity contribution in [2.24, 2.45) is 17.8 Å². The minimum atomic E-state index is -3.28. The minimum Gasteiger partial charge on any atom is -0.455 e. The number of carbonyl (C=O) groups excluding carboxylic acids is 4.